The molecule has 0 fully saturated rings. The number of fused-ring (bicyclic) bond motifs is 2. The third-order valence-electron chi connectivity index (χ3n) is 4.65. The Morgan fingerprint density at radius 1 is 1.10 bits per heavy atom. The zero-order chi connectivity index (χ0) is 22.0. The van der Waals surface area contributed by atoms with Crippen molar-refractivity contribution in [1.82, 2.24) is 15.2 Å². The molecule has 0 aliphatic carbocycles. The first-order valence-corrected chi connectivity index (χ1v) is 9.63. The van der Waals surface area contributed by atoms with Crippen LogP contribution in [0, 0.1) is 11.3 Å². The second kappa shape index (κ2) is 8.20. The van der Waals surface area contributed by atoms with Gasteiger partial charge in [-0.25, -0.2) is 0 Å². The van der Waals surface area contributed by atoms with Crippen LogP contribution in [0.15, 0.2) is 52.2 Å². The van der Waals surface area contributed by atoms with E-state index >= 15 is 0 Å². The molecule has 0 aliphatic heterocycles. The molecule has 0 aliphatic rings. The van der Waals surface area contributed by atoms with Gasteiger partial charge in [-0.2, -0.15) is 5.26 Å². The molecular formula is C22H19N5O4. The minimum Gasteiger partial charge on any atom is -0.490 e. The Hall–Kier alpha value is -4.32. The van der Waals surface area contributed by atoms with Crippen molar-refractivity contribution in [3.63, 3.8) is 0 Å². The first-order valence-electron chi connectivity index (χ1n) is 9.63. The van der Waals surface area contributed by atoms with Crippen LogP contribution in [0.5, 0.6) is 11.5 Å². The van der Waals surface area contributed by atoms with E-state index in [0.717, 1.165) is 5.39 Å². The molecular weight excluding hydrogens is 398 g/mol. The highest BCUT2D eigenvalue weighted by Gasteiger charge is 2.13. The summed E-state index contributed by atoms with van der Waals surface area (Å²) in [6.45, 7) is 4.11. The highest BCUT2D eigenvalue weighted by atomic mass is 16.5. The fourth-order valence-corrected chi connectivity index (χ4v) is 3.28. The molecule has 9 nitrogen and oxygen atoms in total. The summed E-state index contributed by atoms with van der Waals surface area (Å²) in [6, 6.07) is 12.2. The van der Waals surface area contributed by atoms with Gasteiger partial charge in [-0.05, 0) is 44.2 Å². The largest absolute Gasteiger partial charge is 0.490 e. The van der Waals surface area contributed by atoms with E-state index in [2.05, 4.69) is 26.6 Å². The first kappa shape index (κ1) is 20.0. The summed E-state index contributed by atoms with van der Waals surface area (Å²) in [5.41, 5.74) is 0.995. The summed E-state index contributed by atoms with van der Waals surface area (Å²) < 4.78 is 11.7. The molecule has 1 unspecified atom stereocenters. The van der Waals surface area contributed by atoms with Crippen LogP contribution in [0.25, 0.3) is 21.7 Å². The van der Waals surface area contributed by atoms with Gasteiger partial charge in [0.25, 0.3) is 11.1 Å². The minimum absolute atomic E-state index is 0.277. The number of nitriles is 1. The van der Waals surface area contributed by atoms with Crippen LogP contribution in [0.4, 0.5) is 5.69 Å². The second-order valence-electron chi connectivity index (χ2n) is 6.83. The number of anilines is 1. The molecule has 2 aromatic heterocycles. The number of ether oxygens (including phenoxy) is 2. The second-order valence-corrected chi connectivity index (χ2v) is 6.83. The lowest BCUT2D eigenvalue weighted by atomic mass is 10.1. The van der Waals surface area contributed by atoms with E-state index in [-0.39, 0.29) is 16.5 Å². The van der Waals surface area contributed by atoms with Crippen LogP contribution in [-0.2, 0) is 0 Å². The number of hydrogen-bond acceptors (Lipinski definition) is 7. The molecule has 4 rings (SSSR count). The van der Waals surface area contributed by atoms with Gasteiger partial charge in [0.2, 0.25) is 0 Å². The molecule has 0 radical (unpaired) electrons. The van der Waals surface area contributed by atoms with Crippen LogP contribution in [0.3, 0.4) is 0 Å². The fraction of sp³-hybridized carbons (Fsp3) is 0.182. The number of benzene rings is 2. The van der Waals surface area contributed by atoms with Gasteiger partial charge in [-0.15, -0.1) is 0 Å². The minimum atomic E-state index is -0.492. The van der Waals surface area contributed by atoms with Gasteiger partial charge in [0.1, 0.15) is 6.07 Å². The molecule has 2 aromatic carbocycles. The summed E-state index contributed by atoms with van der Waals surface area (Å²) in [5, 5.41) is 18.2. The Labute approximate surface area is 176 Å². The highest BCUT2D eigenvalue weighted by molar-refractivity contribution is 5.84. The number of pyridine rings is 1. The number of hydrogen-bond donors (Lipinski definition) is 3. The quantitative estimate of drug-likeness (QED) is 0.411. The maximum absolute atomic E-state index is 12.0. The van der Waals surface area contributed by atoms with E-state index in [0.29, 0.717) is 40.3 Å². The smallest absolute Gasteiger partial charge is 0.270 e. The van der Waals surface area contributed by atoms with Crippen molar-refractivity contribution in [3.8, 4) is 17.6 Å². The van der Waals surface area contributed by atoms with Gasteiger partial charge in [0.15, 0.2) is 17.7 Å². The SMILES string of the molecule is CCOc1cc2cc(C#N)cnc2cc1OC(C)Nc1ccc2c(=O)[nH][nH]c(=O)c2c1. The third kappa shape index (κ3) is 4.04. The molecule has 2 heterocycles. The molecule has 0 saturated carbocycles. The Balaban J connectivity index is 1.62. The molecule has 9 heteroatoms. The maximum atomic E-state index is 12.0. The van der Waals surface area contributed by atoms with Crippen LogP contribution < -0.4 is 25.9 Å². The lowest BCUT2D eigenvalue weighted by molar-refractivity contribution is 0.231. The zero-order valence-electron chi connectivity index (χ0n) is 16.9. The fourth-order valence-electron chi connectivity index (χ4n) is 3.28. The molecule has 4 aromatic rings. The normalized spacial score (nSPS) is 11.8. The van der Waals surface area contributed by atoms with Crippen molar-refractivity contribution in [2.24, 2.45) is 0 Å². The van der Waals surface area contributed by atoms with Crippen molar-refractivity contribution in [3.05, 3.63) is 68.9 Å². The van der Waals surface area contributed by atoms with Crippen molar-refractivity contribution in [2.45, 2.75) is 20.1 Å². The van der Waals surface area contributed by atoms with E-state index in [1.54, 1.807) is 43.3 Å². The van der Waals surface area contributed by atoms with Gasteiger partial charge in [0, 0.05) is 23.3 Å². The van der Waals surface area contributed by atoms with Crippen molar-refractivity contribution in [1.29, 1.82) is 5.26 Å². The summed E-state index contributed by atoms with van der Waals surface area (Å²) in [6.07, 6.45) is 1.01. The predicted molar refractivity (Wildman–Crippen MR) is 117 cm³/mol. The Kier molecular flexibility index (Phi) is 5.28. The molecule has 0 spiro atoms. The standard InChI is InChI=1S/C22H19N5O4/c1-3-30-19-7-14-6-13(10-23)11-24-18(14)9-20(19)31-12(2)25-15-4-5-16-17(8-15)22(29)27-26-21(16)28/h4-9,11-12,25H,3H2,1-2H3,(H,26,28)(H,27,29). The van der Waals surface area contributed by atoms with Gasteiger partial charge in [-0.3, -0.25) is 24.8 Å². The van der Waals surface area contributed by atoms with E-state index in [1.807, 2.05) is 6.92 Å². The summed E-state index contributed by atoms with van der Waals surface area (Å²) in [4.78, 5) is 28.2. The molecule has 3 N–H and O–H groups in total. The average molecular weight is 417 g/mol. The van der Waals surface area contributed by atoms with Crippen LogP contribution in [0.1, 0.15) is 19.4 Å². The van der Waals surface area contributed by atoms with Gasteiger partial charge in [0.05, 0.1) is 28.5 Å². The van der Waals surface area contributed by atoms with E-state index < -0.39 is 6.23 Å². The summed E-state index contributed by atoms with van der Waals surface area (Å²) in [7, 11) is 0. The van der Waals surface area contributed by atoms with Crippen molar-refractivity contribution >= 4 is 27.4 Å². The maximum Gasteiger partial charge on any atom is 0.270 e. The average Bonchev–Trinajstić information content (AvgIpc) is 2.76. The number of aromatic amines is 2. The number of nitrogens with one attached hydrogen (secondary N) is 3. The first-order chi connectivity index (χ1) is 15.0. The number of aromatic nitrogens is 3. The zero-order valence-corrected chi connectivity index (χ0v) is 16.9. The summed E-state index contributed by atoms with van der Waals surface area (Å²) in [5.74, 6) is 1.02. The Morgan fingerprint density at radius 3 is 2.61 bits per heavy atom. The van der Waals surface area contributed by atoms with Crippen molar-refractivity contribution < 1.29 is 9.47 Å². The molecule has 0 bridgehead atoms. The molecule has 0 amide bonds. The predicted octanol–water partition coefficient (Wildman–Crippen LogP) is 2.87. The Bertz CT molecular complexity index is 1430. The lowest BCUT2D eigenvalue weighted by Crippen LogP contribution is -2.23. The van der Waals surface area contributed by atoms with E-state index in [9.17, 15) is 9.59 Å². The van der Waals surface area contributed by atoms with E-state index in [1.165, 1.54) is 6.20 Å². The van der Waals surface area contributed by atoms with Gasteiger partial charge >= 0.3 is 0 Å². The number of H-pyrrole nitrogens is 2. The monoisotopic (exact) mass is 417 g/mol. The van der Waals surface area contributed by atoms with E-state index in [4.69, 9.17) is 14.7 Å². The summed E-state index contributed by atoms with van der Waals surface area (Å²) >= 11 is 0. The molecule has 0 saturated heterocycles. The third-order valence-corrected chi connectivity index (χ3v) is 4.65. The molecule has 1 atom stereocenters. The van der Waals surface area contributed by atoms with Crippen LogP contribution in [-0.4, -0.2) is 28.0 Å². The number of nitrogens with zero attached hydrogens (tertiary/aromatic N) is 2. The highest BCUT2D eigenvalue weighted by Crippen LogP contribution is 2.33. The van der Waals surface area contributed by atoms with Crippen LogP contribution >= 0.6 is 0 Å². The lowest BCUT2D eigenvalue weighted by Gasteiger charge is -2.20. The molecule has 156 valence electrons. The Morgan fingerprint density at radius 2 is 1.87 bits per heavy atom. The van der Waals surface area contributed by atoms with Gasteiger partial charge < -0.3 is 14.8 Å². The number of rotatable bonds is 6. The van der Waals surface area contributed by atoms with Crippen molar-refractivity contribution in [2.75, 3.05) is 11.9 Å². The van der Waals surface area contributed by atoms with Gasteiger partial charge in [-0.1, -0.05) is 0 Å². The molecule has 31 heavy (non-hydrogen) atoms. The topological polar surface area (TPSA) is 133 Å². The van der Waals surface area contributed by atoms with Crippen LogP contribution in [0.2, 0.25) is 0 Å².